The van der Waals surface area contributed by atoms with Crippen LogP contribution in [-0.2, 0) is 24.1 Å². The molecule has 6 fully saturated rings. The minimum absolute atomic E-state index is 0.0933. The summed E-state index contributed by atoms with van der Waals surface area (Å²) >= 11 is 0. The number of benzene rings is 1. The summed E-state index contributed by atoms with van der Waals surface area (Å²) < 4.78 is 11.9. The lowest BCUT2D eigenvalue weighted by Crippen LogP contribution is -2.64. The Morgan fingerprint density at radius 1 is 1.00 bits per heavy atom. The van der Waals surface area contributed by atoms with Gasteiger partial charge in [-0.2, -0.15) is 9.78 Å². The highest BCUT2D eigenvalue weighted by atomic mass is 17.3. The van der Waals surface area contributed by atoms with E-state index in [1.165, 1.54) is 12.5 Å². The largest absolute Gasteiger partial charge is 0.481 e. The third-order valence-corrected chi connectivity index (χ3v) is 8.81. The van der Waals surface area contributed by atoms with Crippen LogP contribution in [0.1, 0.15) is 76.2 Å². The molecular weight excluding hydrogens is 412 g/mol. The van der Waals surface area contributed by atoms with Crippen LogP contribution in [0, 0.1) is 23.2 Å². The summed E-state index contributed by atoms with van der Waals surface area (Å²) in [5.41, 5.74) is 0.627. The molecule has 1 aromatic rings. The van der Waals surface area contributed by atoms with Gasteiger partial charge in [0.1, 0.15) is 5.75 Å². The van der Waals surface area contributed by atoms with E-state index in [1.54, 1.807) is 0 Å². The molecule has 6 aliphatic rings. The van der Waals surface area contributed by atoms with Gasteiger partial charge in [0.25, 0.3) is 0 Å². The molecule has 0 aromatic heterocycles. The smallest absolute Gasteiger partial charge is 0.309 e. The van der Waals surface area contributed by atoms with Crippen molar-refractivity contribution in [1.82, 2.24) is 0 Å². The van der Waals surface area contributed by atoms with Gasteiger partial charge < -0.3 is 14.6 Å². The molecule has 1 heterocycles. The number of esters is 1. The van der Waals surface area contributed by atoms with Crippen molar-refractivity contribution >= 4 is 11.9 Å². The van der Waals surface area contributed by atoms with Gasteiger partial charge in [-0.1, -0.05) is 12.1 Å². The number of hydrogen-bond donors (Lipinski definition) is 1. The SMILES string of the molecule is CC(=O)Oc1ccc(C2CC[C@]3(CC2)OO[C@]2(O3)C3CC4CC2CC(C(=O)O)(C4)C3)cc1. The molecule has 5 aliphatic carbocycles. The van der Waals surface area contributed by atoms with Crippen LogP contribution in [0.25, 0.3) is 0 Å². The van der Waals surface area contributed by atoms with Crippen molar-refractivity contribution in [3.8, 4) is 5.75 Å². The zero-order valence-electron chi connectivity index (χ0n) is 18.4. The zero-order chi connectivity index (χ0) is 22.1. The second-order valence-electron chi connectivity index (χ2n) is 10.8. The quantitative estimate of drug-likeness (QED) is 0.417. The third kappa shape index (κ3) is 3.05. The van der Waals surface area contributed by atoms with Gasteiger partial charge >= 0.3 is 11.9 Å². The van der Waals surface area contributed by atoms with E-state index in [0.29, 0.717) is 30.4 Å². The minimum atomic E-state index is -0.769. The lowest BCUT2D eigenvalue weighted by Gasteiger charge is -2.60. The third-order valence-electron chi connectivity index (χ3n) is 8.81. The molecule has 0 radical (unpaired) electrons. The lowest BCUT2D eigenvalue weighted by atomic mass is 9.47. The van der Waals surface area contributed by atoms with Gasteiger partial charge in [-0.25, -0.2) is 0 Å². The Balaban J connectivity index is 1.14. The van der Waals surface area contributed by atoms with Crippen molar-refractivity contribution < 1.29 is 33.9 Å². The van der Waals surface area contributed by atoms with Crippen molar-refractivity contribution in [2.24, 2.45) is 23.2 Å². The molecule has 7 heteroatoms. The van der Waals surface area contributed by atoms with Crippen LogP contribution in [0.15, 0.2) is 24.3 Å². The van der Waals surface area contributed by atoms with Crippen LogP contribution in [0.2, 0.25) is 0 Å². The first-order chi connectivity index (χ1) is 15.3. The van der Waals surface area contributed by atoms with Crippen LogP contribution in [0.4, 0.5) is 0 Å². The predicted octanol–water partition coefficient (Wildman–Crippen LogP) is 4.55. The Hall–Kier alpha value is -1.96. The first-order valence-electron chi connectivity index (χ1n) is 11.9. The molecule has 2 unspecified atom stereocenters. The van der Waals surface area contributed by atoms with Crippen LogP contribution >= 0.6 is 0 Å². The van der Waals surface area contributed by atoms with E-state index in [-0.39, 0.29) is 17.8 Å². The van der Waals surface area contributed by atoms with Crippen molar-refractivity contribution in [2.75, 3.05) is 0 Å². The molecule has 2 atom stereocenters. The molecule has 5 saturated carbocycles. The minimum Gasteiger partial charge on any atom is -0.481 e. The van der Waals surface area contributed by atoms with Crippen molar-refractivity contribution in [2.45, 2.75) is 82.2 Å². The van der Waals surface area contributed by atoms with Crippen molar-refractivity contribution in [3.63, 3.8) is 0 Å². The molecule has 172 valence electrons. The summed E-state index contributed by atoms with van der Waals surface area (Å²) in [6, 6.07) is 7.74. The topological polar surface area (TPSA) is 91.3 Å². The second kappa shape index (κ2) is 7.02. The average Bonchev–Trinajstić information content (AvgIpc) is 3.12. The van der Waals surface area contributed by atoms with E-state index in [0.717, 1.165) is 44.9 Å². The van der Waals surface area contributed by atoms with Gasteiger partial charge in [0.2, 0.25) is 11.6 Å². The Bertz CT molecular complexity index is 914. The number of aliphatic carboxylic acids is 1. The van der Waals surface area contributed by atoms with Crippen LogP contribution in [0.5, 0.6) is 5.75 Å². The van der Waals surface area contributed by atoms with E-state index in [2.05, 4.69) is 0 Å². The van der Waals surface area contributed by atoms with Crippen LogP contribution in [-0.4, -0.2) is 28.6 Å². The Labute approximate surface area is 187 Å². The highest BCUT2D eigenvalue weighted by molar-refractivity contribution is 5.75. The molecule has 32 heavy (non-hydrogen) atoms. The highest BCUT2D eigenvalue weighted by Crippen LogP contribution is 2.67. The van der Waals surface area contributed by atoms with Crippen molar-refractivity contribution in [3.05, 3.63) is 29.8 Å². The fraction of sp³-hybridized carbons (Fsp3) is 0.680. The van der Waals surface area contributed by atoms with Gasteiger partial charge in [0.05, 0.1) is 5.41 Å². The average molecular weight is 443 g/mol. The van der Waals surface area contributed by atoms with E-state index in [4.69, 9.17) is 19.2 Å². The summed E-state index contributed by atoms with van der Waals surface area (Å²) in [4.78, 5) is 35.2. The predicted molar refractivity (Wildman–Crippen MR) is 111 cm³/mol. The summed E-state index contributed by atoms with van der Waals surface area (Å²) in [5.74, 6) is -0.859. The summed E-state index contributed by atoms with van der Waals surface area (Å²) in [7, 11) is 0. The van der Waals surface area contributed by atoms with E-state index >= 15 is 0 Å². The molecule has 4 bridgehead atoms. The van der Waals surface area contributed by atoms with E-state index in [1.807, 2.05) is 24.3 Å². The molecule has 1 N–H and O–H groups in total. The summed E-state index contributed by atoms with van der Waals surface area (Å²) in [5, 5.41) is 9.91. The zero-order valence-corrected chi connectivity index (χ0v) is 18.4. The van der Waals surface area contributed by atoms with Gasteiger partial charge in [0, 0.05) is 31.6 Å². The van der Waals surface area contributed by atoms with Gasteiger partial charge in [0.15, 0.2) is 0 Å². The number of carbonyl (C=O) groups excluding carboxylic acids is 1. The molecular formula is C25H30O7. The standard InChI is InChI=1S/C25H30O7/c1-15(26)29-21-4-2-17(3-5-21)18-6-8-24(9-7-18)30-25(32-31-24)19-10-16-11-20(25)14-23(12-16,13-19)22(27)28/h2-5,16,18-20H,6-14H2,1H3,(H,27,28)/t16?,18?,19?,20?,23?,24-,25-. The van der Waals surface area contributed by atoms with E-state index < -0.39 is 23.0 Å². The highest BCUT2D eigenvalue weighted by Gasteiger charge is 2.71. The molecule has 7 nitrogen and oxygen atoms in total. The summed E-state index contributed by atoms with van der Waals surface area (Å²) in [6.07, 6.45) is 7.35. The number of carbonyl (C=O) groups is 2. The fourth-order valence-corrected chi connectivity index (χ4v) is 7.51. The Morgan fingerprint density at radius 2 is 1.66 bits per heavy atom. The maximum Gasteiger partial charge on any atom is 0.309 e. The van der Waals surface area contributed by atoms with E-state index in [9.17, 15) is 14.7 Å². The lowest BCUT2D eigenvalue weighted by molar-refractivity contribution is -0.393. The molecule has 2 spiro atoms. The van der Waals surface area contributed by atoms with Crippen LogP contribution < -0.4 is 4.74 Å². The summed E-state index contributed by atoms with van der Waals surface area (Å²) in [6.45, 7) is 1.40. The van der Waals surface area contributed by atoms with Crippen LogP contribution in [0.3, 0.4) is 0 Å². The maximum atomic E-state index is 12.1. The number of ether oxygens (including phenoxy) is 2. The first-order valence-corrected chi connectivity index (χ1v) is 11.9. The molecule has 1 aliphatic heterocycles. The van der Waals surface area contributed by atoms with Gasteiger partial charge in [-0.3, -0.25) is 9.59 Å². The molecule has 7 rings (SSSR count). The second-order valence-corrected chi connectivity index (χ2v) is 10.8. The fourth-order valence-electron chi connectivity index (χ4n) is 7.51. The molecule has 1 saturated heterocycles. The molecule has 0 amide bonds. The monoisotopic (exact) mass is 442 g/mol. The number of hydrogen-bond acceptors (Lipinski definition) is 6. The number of rotatable bonds is 3. The Morgan fingerprint density at radius 3 is 2.25 bits per heavy atom. The maximum absolute atomic E-state index is 12.1. The first kappa shape index (κ1) is 20.6. The van der Waals surface area contributed by atoms with Gasteiger partial charge in [-0.15, -0.1) is 0 Å². The van der Waals surface area contributed by atoms with Crippen molar-refractivity contribution in [1.29, 1.82) is 0 Å². The number of carboxylic acids is 1. The van der Waals surface area contributed by atoms with Gasteiger partial charge in [-0.05, 0) is 74.5 Å². The Kier molecular flexibility index (Phi) is 4.52. The number of carboxylic acid groups (broad SMARTS) is 1. The molecule has 1 aromatic carbocycles. The normalized spacial score (nSPS) is 44.3.